The first-order valence-corrected chi connectivity index (χ1v) is 5.33. The van der Waals surface area contributed by atoms with Gasteiger partial charge in [0.1, 0.15) is 0 Å². The lowest BCUT2D eigenvalue weighted by Gasteiger charge is -2.14. The molecule has 2 atom stereocenters. The largest absolute Gasteiger partial charge is 0.493 e. The molecule has 1 aromatic carbocycles. The molecule has 17 heavy (non-hydrogen) atoms. The second kappa shape index (κ2) is 4.25. The minimum Gasteiger partial charge on any atom is -0.493 e. The zero-order valence-corrected chi connectivity index (χ0v) is 9.77. The number of ether oxygens (including phenoxy) is 2. The van der Waals surface area contributed by atoms with Crippen LogP contribution in [0, 0.1) is 0 Å². The summed E-state index contributed by atoms with van der Waals surface area (Å²) >= 11 is 0. The highest BCUT2D eigenvalue weighted by Gasteiger charge is 2.37. The molecule has 1 aliphatic carbocycles. The van der Waals surface area contributed by atoms with Gasteiger partial charge >= 0.3 is 5.97 Å². The van der Waals surface area contributed by atoms with Gasteiger partial charge in [-0.05, 0) is 18.1 Å². The average molecular weight is 237 g/mol. The topological polar surface area (TPSA) is 81.8 Å². The number of nitrogens with two attached hydrogens (primary N) is 1. The van der Waals surface area contributed by atoms with Crippen LogP contribution in [-0.4, -0.2) is 25.3 Å². The normalized spacial score (nSPS) is 22.1. The molecule has 2 rings (SSSR count). The second-order valence-electron chi connectivity index (χ2n) is 4.04. The van der Waals surface area contributed by atoms with Gasteiger partial charge in [-0.3, -0.25) is 4.79 Å². The molecule has 0 aliphatic heterocycles. The van der Waals surface area contributed by atoms with Crippen LogP contribution in [0.15, 0.2) is 12.1 Å². The average Bonchev–Trinajstić information content (AvgIpc) is 2.66. The van der Waals surface area contributed by atoms with Crippen LogP contribution < -0.4 is 15.2 Å². The number of benzene rings is 1. The Hall–Kier alpha value is -1.75. The van der Waals surface area contributed by atoms with E-state index in [9.17, 15) is 9.90 Å². The van der Waals surface area contributed by atoms with Crippen molar-refractivity contribution in [2.24, 2.45) is 5.73 Å². The minimum atomic E-state index is -0.884. The van der Waals surface area contributed by atoms with Gasteiger partial charge in [-0.2, -0.15) is 0 Å². The van der Waals surface area contributed by atoms with Crippen molar-refractivity contribution in [3.8, 4) is 11.5 Å². The van der Waals surface area contributed by atoms with Crippen molar-refractivity contribution in [3.05, 3.63) is 23.3 Å². The molecule has 0 saturated carbocycles. The molecule has 0 bridgehead atoms. The first-order valence-electron chi connectivity index (χ1n) is 5.33. The fourth-order valence-corrected chi connectivity index (χ4v) is 2.37. The SMILES string of the molecule is COc1ccc2c(c1OC)C(C(=O)O)CC2N. The first kappa shape index (κ1) is 11.7. The van der Waals surface area contributed by atoms with Gasteiger partial charge in [0.05, 0.1) is 20.1 Å². The van der Waals surface area contributed by atoms with Gasteiger partial charge in [-0.1, -0.05) is 6.07 Å². The molecule has 0 spiro atoms. The van der Waals surface area contributed by atoms with E-state index in [0.29, 0.717) is 23.5 Å². The van der Waals surface area contributed by atoms with Crippen molar-refractivity contribution in [1.29, 1.82) is 0 Å². The maximum Gasteiger partial charge on any atom is 0.311 e. The third-order valence-electron chi connectivity index (χ3n) is 3.15. The van der Waals surface area contributed by atoms with Crippen molar-refractivity contribution in [2.75, 3.05) is 14.2 Å². The molecule has 0 heterocycles. The van der Waals surface area contributed by atoms with Crippen molar-refractivity contribution >= 4 is 5.97 Å². The molecular weight excluding hydrogens is 222 g/mol. The van der Waals surface area contributed by atoms with E-state index in [4.69, 9.17) is 15.2 Å². The molecule has 5 nitrogen and oxygen atoms in total. The van der Waals surface area contributed by atoms with Crippen molar-refractivity contribution in [3.63, 3.8) is 0 Å². The Morgan fingerprint density at radius 3 is 2.65 bits per heavy atom. The van der Waals surface area contributed by atoms with Gasteiger partial charge in [-0.25, -0.2) is 0 Å². The smallest absolute Gasteiger partial charge is 0.311 e. The Kier molecular flexibility index (Phi) is 2.93. The van der Waals surface area contributed by atoms with Crippen molar-refractivity contribution < 1.29 is 19.4 Å². The fraction of sp³-hybridized carbons (Fsp3) is 0.417. The van der Waals surface area contributed by atoms with E-state index in [1.54, 1.807) is 6.07 Å². The highest BCUT2D eigenvalue weighted by Crippen LogP contribution is 2.47. The maximum atomic E-state index is 11.2. The molecule has 2 unspecified atom stereocenters. The van der Waals surface area contributed by atoms with E-state index >= 15 is 0 Å². The fourth-order valence-electron chi connectivity index (χ4n) is 2.37. The third-order valence-corrected chi connectivity index (χ3v) is 3.15. The van der Waals surface area contributed by atoms with Crippen LogP contribution in [-0.2, 0) is 4.79 Å². The summed E-state index contributed by atoms with van der Waals surface area (Å²) in [4.78, 5) is 11.2. The third kappa shape index (κ3) is 1.72. The number of rotatable bonds is 3. The summed E-state index contributed by atoms with van der Waals surface area (Å²) in [6.07, 6.45) is 0.397. The van der Waals surface area contributed by atoms with Crippen LogP contribution in [0.2, 0.25) is 0 Å². The summed E-state index contributed by atoms with van der Waals surface area (Å²) in [5.74, 6) is -0.493. The van der Waals surface area contributed by atoms with Crippen LogP contribution >= 0.6 is 0 Å². The van der Waals surface area contributed by atoms with Gasteiger partial charge in [0, 0.05) is 11.6 Å². The van der Waals surface area contributed by atoms with Crippen LogP contribution in [0.4, 0.5) is 0 Å². The number of carboxylic acid groups (broad SMARTS) is 1. The van der Waals surface area contributed by atoms with Crippen LogP contribution in [0.1, 0.15) is 29.5 Å². The molecule has 0 saturated heterocycles. The summed E-state index contributed by atoms with van der Waals surface area (Å²) in [6.45, 7) is 0. The lowest BCUT2D eigenvalue weighted by molar-refractivity contribution is -0.138. The van der Waals surface area contributed by atoms with E-state index in [-0.39, 0.29) is 6.04 Å². The zero-order valence-electron chi connectivity index (χ0n) is 9.77. The Morgan fingerprint density at radius 1 is 1.41 bits per heavy atom. The van der Waals surface area contributed by atoms with Gasteiger partial charge < -0.3 is 20.3 Å². The number of hydrogen-bond acceptors (Lipinski definition) is 4. The van der Waals surface area contributed by atoms with Gasteiger partial charge in [0.15, 0.2) is 11.5 Å². The monoisotopic (exact) mass is 237 g/mol. The summed E-state index contributed by atoms with van der Waals surface area (Å²) < 4.78 is 10.4. The molecule has 0 radical (unpaired) electrons. The number of methoxy groups -OCH3 is 2. The molecule has 3 N–H and O–H groups in total. The van der Waals surface area contributed by atoms with E-state index in [2.05, 4.69) is 0 Å². The quantitative estimate of drug-likeness (QED) is 0.827. The number of hydrogen-bond donors (Lipinski definition) is 2. The minimum absolute atomic E-state index is 0.258. The Labute approximate surface area is 99.1 Å². The first-order chi connectivity index (χ1) is 8.10. The Morgan fingerprint density at radius 2 is 2.12 bits per heavy atom. The lowest BCUT2D eigenvalue weighted by Crippen LogP contribution is -2.11. The van der Waals surface area contributed by atoms with Gasteiger partial charge in [0.2, 0.25) is 0 Å². The van der Waals surface area contributed by atoms with E-state index < -0.39 is 11.9 Å². The van der Waals surface area contributed by atoms with Crippen molar-refractivity contribution in [1.82, 2.24) is 0 Å². The standard InChI is InChI=1S/C12H15NO4/c1-16-9-4-3-6-8(13)5-7(12(14)15)10(6)11(9)17-2/h3-4,7-8H,5,13H2,1-2H3,(H,14,15). The second-order valence-corrected chi connectivity index (χ2v) is 4.04. The number of carbonyl (C=O) groups is 1. The Balaban J connectivity index is 2.62. The van der Waals surface area contributed by atoms with E-state index in [1.165, 1.54) is 14.2 Å². The van der Waals surface area contributed by atoms with E-state index in [1.807, 2.05) is 6.07 Å². The predicted molar refractivity (Wildman–Crippen MR) is 61.5 cm³/mol. The molecular formula is C12H15NO4. The molecule has 0 aromatic heterocycles. The maximum absolute atomic E-state index is 11.2. The van der Waals surface area contributed by atoms with E-state index in [0.717, 1.165) is 5.56 Å². The van der Waals surface area contributed by atoms with Crippen LogP contribution in [0.3, 0.4) is 0 Å². The van der Waals surface area contributed by atoms with Crippen LogP contribution in [0.25, 0.3) is 0 Å². The molecule has 5 heteroatoms. The number of fused-ring (bicyclic) bond motifs is 1. The zero-order chi connectivity index (χ0) is 12.6. The highest BCUT2D eigenvalue weighted by atomic mass is 16.5. The summed E-state index contributed by atoms with van der Waals surface area (Å²) in [7, 11) is 3.02. The summed E-state index contributed by atoms with van der Waals surface area (Å²) in [5, 5.41) is 9.21. The number of carboxylic acids is 1. The molecule has 0 fully saturated rings. The molecule has 1 aromatic rings. The highest BCUT2D eigenvalue weighted by molar-refractivity contribution is 5.80. The molecule has 1 aliphatic rings. The van der Waals surface area contributed by atoms with Crippen molar-refractivity contribution in [2.45, 2.75) is 18.4 Å². The Bertz CT molecular complexity index is 458. The lowest BCUT2D eigenvalue weighted by atomic mass is 10.00. The molecule has 92 valence electrons. The molecule has 0 amide bonds. The van der Waals surface area contributed by atoms with Crippen LogP contribution in [0.5, 0.6) is 11.5 Å². The van der Waals surface area contributed by atoms with Gasteiger partial charge in [-0.15, -0.1) is 0 Å². The summed E-state index contributed by atoms with van der Waals surface area (Å²) in [5.41, 5.74) is 7.40. The number of aliphatic carboxylic acids is 1. The van der Waals surface area contributed by atoms with Gasteiger partial charge in [0.25, 0.3) is 0 Å². The summed E-state index contributed by atoms with van der Waals surface area (Å²) in [6, 6.07) is 3.30. The predicted octanol–water partition coefficient (Wildman–Crippen LogP) is 1.28.